The highest BCUT2D eigenvalue weighted by atomic mass is 35.5. The molecule has 7 heteroatoms. The number of hydrogen-bond donors (Lipinski definition) is 0. The lowest BCUT2D eigenvalue weighted by Crippen LogP contribution is -2.29. The van der Waals surface area contributed by atoms with Gasteiger partial charge in [-0.15, -0.1) is 4.40 Å². The summed E-state index contributed by atoms with van der Waals surface area (Å²) in [7, 11) is -3.45. The van der Waals surface area contributed by atoms with Gasteiger partial charge in [0.1, 0.15) is 0 Å². The molecule has 1 saturated heterocycles. The number of nitrogens with zero attached hydrogens (tertiary/aromatic N) is 2. The molecule has 0 N–H and O–H groups in total. The zero-order valence-electron chi connectivity index (χ0n) is 14.4. The molecule has 3 heterocycles. The van der Waals surface area contributed by atoms with E-state index in [1.807, 2.05) is 17.0 Å². The summed E-state index contributed by atoms with van der Waals surface area (Å²) >= 11 is 6.28. The van der Waals surface area contributed by atoms with E-state index in [9.17, 15) is 8.42 Å². The molecule has 5 nitrogen and oxygen atoms in total. The van der Waals surface area contributed by atoms with Crippen molar-refractivity contribution in [3.05, 3.63) is 52.7 Å². The third-order valence-corrected chi connectivity index (χ3v) is 6.48. The minimum absolute atomic E-state index is 0.0639. The number of ether oxygens (including phenoxy) is 1. The predicted molar refractivity (Wildman–Crippen MR) is 104 cm³/mol. The molecule has 0 amide bonds. The first-order chi connectivity index (χ1) is 12.5. The van der Waals surface area contributed by atoms with Crippen molar-refractivity contribution in [3.63, 3.8) is 0 Å². The van der Waals surface area contributed by atoms with E-state index in [-0.39, 0.29) is 5.75 Å². The van der Waals surface area contributed by atoms with E-state index < -0.39 is 10.0 Å². The topological polar surface area (TPSA) is 59.0 Å². The van der Waals surface area contributed by atoms with E-state index in [0.29, 0.717) is 29.8 Å². The van der Waals surface area contributed by atoms with Gasteiger partial charge in [-0.05, 0) is 42.4 Å². The lowest BCUT2D eigenvalue weighted by Gasteiger charge is -2.26. The highest BCUT2D eigenvalue weighted by Gasteiger charge is 2.27. The summed E-state index contributed by atoms with van der Waals surface area (Å²) in [6.07, 6.45) is 6.15. The van der Waals surface area contributed by atoms with Crippen molar-refractivity contribution in [2.45, 2.75) is 25.2 Å². The maximum atomic E-state index is 12.1. The molecule has 3 aliphatic rings. The average molecular weight is 393 g/mol. The van der Waals surface area contributed by atoms with Crippen LogP contribution in [0.4, 0.5) is 0 Å². The quantitative estimate of drug-likeness (QED) is 0.773. The van der Waals surface area contributed by atoms with E-state index in [0.717, 1.165) is 37.2 Å². The van der Waals surface area contributed by atoms with E-state index in [2.05, 4.69) is 16.5 Å². The standard InChI is InChI=1S/C19H21ClN2O3S/c20-17-12-18(19-21-26(23,24)11-1-8-22(19)13-17)16-4-2-14(3-5-16)15-6-9-25-10-7-15/h2-5,12-13,15H,1,6-11H2. The highest BCUT2D eigenvalue weighted by molar-refractivity contribution is 7.90. The first-order valence-corrected chi connectivity index (χ1v) is 10.9. The molecule has 1 aromatic carbocycles. The molecular weight excluding hydrogens is 372 g/mol. The lowest BCUT2D eigenvalue weighted by atomic mass is 9.90. The van der Waals surface area contributed by atoms with Crippen molar-refractivity contribution in [2.24, 2.45) is 4.40 Å². The van der Waals surface area contributed by atoms with Gasteiger partial charge in [0.2, 0.25) is 0 Å². The summed E-state index contributed by atoms with van der Waals surface area (Å²) in [6, 6.07) is 8.30. The van der Waals surface area contributed by atoms with Crippen LogP contribution in [0.25, 0.3) is 5.57 Å². The maximum Gasteiger partial charge on any atom is 0.255 e. The molecule has 26 heavy (non-hydrogen) atoms. The van der Waals surface area contributed by atoms with Crippen LogP contribution in [-0.2, 0) is 14.8 Å². The number of fused-ring (bicyclic) bond motifs is 1. The number of amidine groups is 1. The van der Waals surface area contributed by atoms with Crippen LogP contribution in [0, 0.1) is 0 Å². The normalized spacial score (nSPS) is 23.4. The van der Waals surface area contributed by atoms with E-state index in [1.165, 1.54) is 5.56 Å². The van der Waals surface area contributed by atoms with Crippen molar-refractivity contribution < 1.29 is 13.2 Å². The third-order valence-electron chi connectivity index (χ3n) is 5.02. The second-order valence-corrected chi connectivity index (χ2v) is 9.02. The lowest BCUT2D eigenvalue weighted by molar-refractivity contribution is 0.0853. The van der Waals surface area contributed by atoms with Crippen LogP contribution < -0.4 is 0 Å². The fourth-order valence-corrected chi connectivity index (χ4v) is 4.93. The molecule has 0 saturated carbocycles. The molecule has 0 aromatic heterocycles. The first-order valence-electron chi connectivity index (χ1n) is 8.89. The van der Waals surface area contributed by atoms with Crippen molar-refractivity contribution in [3.8, 4) is 0 Å². The Morgan fingerprint density at radius 2 is 1.88 bits per heavy atom. The molecule has 4 rings (SSSR count). The minimum Gasteiger partial charge on any atom is -0.381 e. The van der Waals surface area contributed by atoms with Gasteiger partial charge >= 0.3 is 0 Å². The van der Waals surface area contributed by atoms with Crippen LogP contribution in [0.2, 0.25) is 0 Å². The Labute approximate surface area is 159 Å². The van der Waals surface area contributed by atoms with Gasteiger partial charge in [0.25, 0.3) is 10.0 Å². The summed E-state index contributed by atoms with van der Waals surface area (Å²) in [5.41, 5.74) is 2.97. The SMILES string of the molecule is O=S1(=O)CCCN2C=C(Cl)C=C(c3ccc(C4CCOCC4)cc3)C2=N1. The minimum atomic E-state index is -3.45. The number of halogens is 1. The number of benzene rings is 1. The van der Waals surface area contributed by atoms with Crippen molar-refractivity contribution >= 4 is 33.0 Å². The Bertz CT molecular complexity index is 882. The Morgan fingerprint density at radius 1 is 1.15 bits per heavy atom. The molecule has 0 unspecified atom stereocenters. The van der Waals surface area contributed by atoms with Crippen molar-refractivity contribution in [1.29, 1.82) is 0 Å². The van der Waals surface area contributed by atoms with Crippen LogP contribution in [0.5, 0.6) is 0 Å². The average Bonchev–Trinajstić information content (AvgIpc) is 2.79. The van der Waals surface area contributed by atoms with E-state index >= 15 is 0 Å². The van der Waals surface area contributed by atoms with Crippen LogP contribution in [0.15, 0.2) is 46.0 Å². The van der Waals surface area contributed by atoms with Gasteiger partial charge in [0.05, 0.1) is 10.8 Å². The molecule has 138 valence electrons. The second kappa shape index (κ2) is 7.18. The molecule has 0 radical (unpaired) electrons. The summed E-state index contributed by atoms with van der Waals surface area (Å²) in [6.45, 7) is 2.20. The summed E-state index contributed by atoms with van der Waals surface area (Å²) in [5.74, 6) is 1.05. The van der Waals surface area contributed by atoms with Crippen molar-refractivity contribution in [2.75, 3.05) is 25.5 Å². The van der Waals surface area contributed by atoms with Gasteiger partial charge in [0.15, 0.2) is 5.84 Å². The maximum absolute atomic E-state index is 12.1. The molecule has 0 bridgehead atoms. The third kappa shape index (κ3) is 3.72. The van der Waals surface area contributed by atoms with Crippen molar-refractivity contribution in [1.82, 2.24) is 4.90 Å². The van der Waals surface area contributed by atoms with Gasteiger partial charge in [-0.1, -0.05) is 35.9 Å². The highest BCUT2D eigenvalue weighted by Crippen LogP contribution is 2.32. The fourth-order valence-electron chi connectivity index (χ4n) is 3.65. The van der Waals surface area contributed by atoms with E-state index in [1.54, 1.807) is 12.3 Å². The molecule has 1 aromatic rings. The van der Waals surface area contributed by atoms with Gasteiger partial charge < -0.3 is 9.64 Å². The predicted octanol–water partition coefficient (Wildman–Crippen LogP) is 3.49. The summed E-state index contributed by atoms with van der Waals surface area (Å²) in [4.78, 5) is 1.84. The molecule has 1 fully saturated rings. The molecule has 0 atom stereocenters. The Balaban J connectivity index is 1.68. The molecule has 3 aliphatic heterocycles. The largest absolute Gasteiger partial charge is 0.381 e. The van der Waals surface area contributed by atoms with Gasteiger partial charge in [-0.2, -0.15) is 0 Å². The van der Waals surface area contributed by atoms with Gasteiger partial charge in [-0.3, -0.25) is 0 Å². The monoisotopic (exact) mass is 392 g/mol. The fraction of sp³-hybridized carbons (Fsp3) is 0.421. The smallest absolute Gasteiger partial charge is 0.255 e. The number of rotatable bonds is 2. The number of hydrogen-bond acceptors (Lipinski definition) is 4. The molecular formula is C19H21ClN2O3S. The summed E-state index contributed by atoms with van der Waals surface area (Å²) < 4.78 is 33.8. The zero-order chi connectivity index (χ0) is 18.1. The van der Waals surface area contributed by atoms with Crippen LogP contribution in [0.1, 0.15) is 36.3 Å². The van der Waals surface area contributed by atoms with Gasteiger partial charge in [0, 0.05) is 31.5 Å². The van der Waals surface area contributed by atoms with E-state index in [4.69, 9.17) is 16.3 Å². The molecule has 0 spiro atoms. The summed E-state index contributed by atoms with van der Waals surface area (Å²) in [5, 5.41) is 0.576. The van der Waals surface area contributed by atoms with Gasteiger partial charge in [-0.25, -0.2) is 8.42 Å². The van der Waals surface area contributed by atoms with Crippen LogP contribution in [0.3, 0.4) is 0 Å². The Hall–Kier alpha value is -1.63. The second-order valence-electron chi connectivity index (χ2n) is 6.83. The Morgan fingerprint density at radius 3 is 2.62 bits per heavy atom. The Kier molecular flexibility index (Phi) is 4.90. The number of allylic oxidation sites excluding steroid dienone is 2. The molecule has 0 aliphatic carbocycles. The number of sulfonamides is 1. The van der Waals surface area contributed by atoms with Crippen LogP contribution in [-0.4, -0.2) is 44.7 Å². The zero-order valence-corrected chi connectivity index (χ0v) is 16.0. The van der Waals surface area contributed by atoms with Crippen LogP contribution >= 0.6 is 11.6 Å². The first kappa shape index (κ1) is 17.8.